The predicted octanol–water partition coefficient (Wildman–Crippen LogP) is 0.862. The smallest absolute Gasteiger partial charge is 0.319 e. The Kier molecular flexibility index (Phi) is 3.56. The molecule has 66 valence electrons. The Hall–Kier alpha value is -1.07. The van der Waals surface area contributed by atoms with Gasteiger partial charge in [0.15, 0.2) is 0 Å². The Morgan fingerprint density at radius 2 is 2.50 bits per heavy atom. The van der Waals surface area contributed by atoms with Crippen LogP contribution in [-0.2, 0) is 0 Å². The molecule has 5 heteroatoms. The summed E-state index contributed by atoms with van der Waals surface area (Å²) < 4.78 is 0. The Morgan fingerprint density at radius 3 is 3.08 bits per heavy atom. The summed E-state index contributed by atoms with van der Waals surface area (Å²) in [5.74, 6) is 0. The molecule has 0 aromatic carbocycles. The number of thiophene rings is 1. The predicted molar refractivity (Wildman–Crippen MR) is 48.4 cm³/mol. The molecule has 0 saturated carbocycles. The molecule has 0 spiro atoms. The number of carbonyl (C=O) groups excluding carboxylic acids is 1. The van der Waals surface area contributed by atoms with Gasteiger partial charge in [-0.3, -0.25) is 5.32 Å². The van der Waals surface area contributed by atoms with Crippen molar-refractivity contribution in [1.29, 1.82) is 0 Å². The summed E-state index contributed by atoms with van der Waals surface area (Å²) >= 11 is 1.45. The van der Waals surface area contributed by atoms with E-state index in [2.05, 4.69) is 10.6 Å². The first-order chi connectivity index (χ1) is 5.83. The molecular weight excluding hydrogens is 176 g/mol. The molecule has 0 saturated heterocycles. The molecule has 4 nitrogen and oxygen atoms in total. The molecule has 0 radical (unpaired) electrons. The molecule has 0 aliphatic carbocycles. The zero-order chi connectivity index (χ0) is 8.81. The SMILES string of the molecule is O=C(NCCO)Nc1cccs1. The van der Waals surface area contributed by atoms with Crippen molar-refractivity contribution in [3.05, 3.63) is 17.5 Å². The summed E-state index contributed by atoms with van der Waals surface area (Å²) in [5.41, 5.74) is 0. The summed E-state index contributed by atoms with van der Waals surface area (Å²) in [6.45, 7) is 0.231. The first-order valence-corrected chi connectivity index (χ1v) is 4.40. The summed E-state index contributed by atoms with van der Waals surface area (Å²) in [4.78, 5) is 10.9. The minimum absolute atomic E-state index is 0.0438. The van der Waals surface area contributed by atoms with Gasteiger partial charge in [0.25, 0.3) is 0 Å². The van der Waals surface area contributed by atoms with Gasteiger partial charge >= 0.3 is 6.03 Å². The van der Waals surface area contributed by atoms with Gasteiger partial charge in [0.05, 0.1) is 11.6 Å². The molecule has 0 bridgehead atoms. The summed E-state index contributed by atoms with van der Waals surface area (Å²) in [6, 6.07) is 3.38. The van der Waals surface area contributed by atoms with E-state index in [4.69, 9.17) is 5.11 Å². The van der Waals surface area contributed by atoms with E-state index in [-0.39, 0.29) is 19.2 Å². The molecule has 0 unspecified atom stereocenters. The second kappa shape index (κ2) is 4.74. The van der Waals surface area contributed by atoms with Gasteiger partial charge in [-0.2, -0.15) is 0 Å². The standard InChI is InChI=1S/C7H10N2O2S/c10-4-3-8-7(11)9-6-2-1-5-12-6/h1-2,5,10H,3-4H2,(H2,8,9,11). The third-order valence-corrected chi connectivity index (χ3v) is 1.94. The molecule has 12 heavy (non-hydrogen) atoms. The van der Waals surface area contributed by atoms with Crippen LogP contribution in [0.2, 0.25) is 0 Å². The monoisotopic (exact) mass is 186 g/mol. The van der Waals surface area contributed by atoms with E-state index in [9.17, 15) is 4.79 Å². The van der Waals surface area contributed by atoms with Crippen molar-refractivity contribution >= 4 is 22.4 Å². The van der Waals surface area contributed by atoms with E-state index < -0.39 is 0 Å². The van der Waals surface area contributed by atoms with Gasteiger partial charge in [-0.05, 0) is 17.5 Å². The highest BCUT2D eigenvalue weighted by molar-refractivity contribution is 7.14. The number of rotatable bonds is 3. The van der Waals surface area contributed by atoms with Crippen LogP contribution in [0.3, 0.4) is 0 Å². The molecular formula is C7H10N2O2S. The minimum atomic E-state index is -0.286. The van der Waals surface area contributed by atoms with Crippen LogP contribution < -0.4 is 10.6 Å². The quantitative estimate of drug-likeness (QED) is 0.655. The number of amides is 2. The van der Waals surface area contributed by atoms with E-state index >= 15 is 0 Å². The van der Waals surface area contributed by atoms with Crippen molar-refractivity contribution in [3.8, 4) is 0 Å². The molecule has 0 aliphatic rings. The maximum atomic E-state index is 10.9. The van der Waals surface area contributed by atoms with Crippen LogP contribution in [0.15, 0.2) is 17.5 Å². The zero-order valence-electron chi connectivity index (χ0n) is 6.41. The Morgan fingerprint density at radius 1 is 1.67 bits per heavy atom. The summed E-state index contributed by atoms with van der Waals surface area (Å²) in [7, 11) is 0. The highest BCUT2D eigenvalue weighted by Gasteiger charge is 1.99. The number of hydrogen-bond acceptors (Lipinski definition) is 3. The van der Waals surface area contributed by atoms with E-state index in [1.54, 1.807) is 0 Å². The number of anilines is 1. The van der Waals surface area contributed by atoms with E-state index in [0.717, 1.165) is 5.00 Å². The fourth-order valence-corrected chi connectivity index (χ4v) is 1.29. The highest BCUT2D eigenvalue weighted by Crippen LogP contribution is 2.14. The largest absolute Gasteiger partial charge is 0.395 e. The Balaban J connectivity index is 2.27. The van der Waals surface area contributed by atoms with Gasteiger partial charge < -0.3 is 10.4 Å². The molecule has 1 aromatic rings. The molecule has 0 aliphatic heterocycles. The van der Waals surface area contributed by atoms with Crippen molar-refractivity contribution in [3.63, 3.8) is 0 Å². The van der Waals surface area contributed by atoms with Crippen molar-refractivity contribution in [1.82, 2.24) is 5.32 Å². The second-order valence-corrected chi connectivity index (χ2v) is 3.03. The fraction of sp³-hybridized carbons (Fsp3) is 0.286. The number of aliphatic hydroxyl groups excluding tert-OH is 1. The molecule has 0 fully saturated rings. The first-order valence-electron chi connectivity index (χ1n) is 3.52. The summed E-state index contributed by atoms with van der Waals surface area (Å²) in [5, 5.41) is 16.2. The molecule has 1 aromatic heterocycles. The van der Waals surface area contributed by atoms with E-state index in [1.165, 1.54) is 11.3 Å². The van der Waals surface area contributed by atoms with Crippen molar-refractivity contribution in [2.24, 2.45) is 0 Å². The molecule has 3 N–H and O–H groups in total. The lowest BCUT2D eigenvalue weighted by Crippen LogP contribution is -2.30. The normalized spacial score (nSPS) is 9.42. The average Bonchev–Trinajstić information content (AvgIpc) is 2.53. The van der Waals surface area contributed by atoms with Gasteiger partial charge in [0, 0.05) is 6.54 Å². The third kappa shape index (κ3) is 2.89. The topological polar surface area (TPSA) is 61.4 Å². The van der Waals surface area contributed by atoms with Crippen molar-refractivity contribution < 1.29 is 9.90 Å². The minimum Gasteiger partial charge on any atom is -0.395 e. The van der Waals surface area contributed by atoms with E-state index in [1.807, 2.05) is 17.5 Å². The number of hydrogen-bond donors (Lipinski definition) is 3. The van der Waals surface area contributed by atoms with Gasteiger partial charge in [0.2, 0.25) is 0 Å². The van der Waals surface area contributed by atoms with Crippen LogP contribution in [0.1, 0.15) is 0 Å². The van der Waals surface area contributed by atoms with Crippen LogP contribution in [0.5, 0.6) is 0 Å². The third-order valence-electron chi connectivity index (χ3n) is 1.16. The molecule has 1 rings (SSSR count). The maximum Gasteiger partial charge on any atom is 0.319 e. The van der Waals surface area contributed by atoms with Crippen molar-refractivity contribution in [2.75, 3.05) is 18.5 Å². The van der Waals surface area contributed by atoms with Crippen molar-refractivity contribution in [2.45, 2.75) is 0 Å². The Bertz CT molecular complexity index is 236. The summed E-state index contributed by atoms with van der Waals surface area (Å²) in [6.07, 6.45) is 0. The van der Waals surface area contributed by atoms with Crippen LogP contribution in [-0.4, -0.2) is 24.3 Å². The highest BCUT2D eigenvalue weighted by atomic mass is 32.1. The fourth-order valence-electron chi connectivity index (χ4n) is 0.675. The van der Waals surface area contributed by atoms with Crippen LogP contribution in [0.25, 0.3) is 0 Å². The van der Waals surface area contributed by atoms with Gasteiger partial charge in [-0.15, -0.1) is 11.3 Å². The molecule has 1 heterocycles. The Labute approximate surface area is 74.2 Å². The van der Waals surface area contributed by atoms with Gasteiger partial charge in [0.1, 0.15) is 0 Å². The second-order valence-electron chi connectivity index (χ2n) is 2.08. The zero-order valence-corrected chi connectivity index (χ0v) is 7.23. The van der Waals surface area contributed by atoms with E-state index in [0.29, 0.717) is 0 Å². The van der Waals surface area contributed by atoms with Crippen LogP contribution >= 0.6 is 11.3 Å². The maximum absolute atomic E-state index is 10.9. The number of nitrogens with one attached hydrogen (secondary N) is 2. The first kappa shape index (κ1) is 9.02. The lowest BCUT2D eigenvalue weighted by atomic mass is 10.6. The number of urea groups is 1. The van der Waals surface area contributed by atoms with Crippen LogP contribution in [0.4, 0.5) is 9.80 Å². The van der Waals surface area contributed by atoms with Gasteiger partial charge in [-0.1, -0.05) is 0 Å². The number of carbonyl (C=O) groups is 1. The number of aliphatic hydroxyl groups is 1. The lowest BCUT2D eigenvalue weighted by molar-refractivity contribution is 0.245. The molecule has 0 atom stereocenters. The molecule has 2 amide bonds. The van der Waals surface area contributed by atoms with Crippen LogP contribution in [0, 0.1) is 0 Å². The van der Waals surface area contributed by atoms with Gasteiger partial charge in [-0.25, -0.2) is 4.79 Å². The lowest BCUT2D eigenvalue weighted by Gasteiger charge is -2.02. The average molecular weight is 186 g/mol.